The van der Waals surface area contributed by atoms with Gasteiger partial charge < -0.3 is 44.1 Å². The molecule has 148 valence electrons. The van der Waals surface area contributed by atoms with Gasteiger partial charge in [-0.25, -0.2) is 0 Å². The smallest absolute Gasteiger partial charge is 0.239 e. The summed E-state index contributed by atoms with van der Waals surface area (Å²) in [5, 5.41) is 4.91. The fraction of sp³-hybridized carbons (Fsp3) is 0.643. The number of nitrogens with zero attached hydrogens (tertiary/aromatic N) is 2. The molecule has 12 nitrogen and oxygen atoms in total. The van der Waals surface area contributed by atoms with E-state index in [1.807, 2.05) is 0 Å². The van der Waals surface area contributed by atoms with Crippen LogP contribution in [-0.4, -0.2) is 61.7 Å². The molecule has 12 heteroatoms. The van der Waals surface area contributed by atoms with Crippen molar-refractivity contribution in [3.05, 3.63) is 0 Å². The van der Waals surface area contributed by atoms with Crippen LogP contribution >= 0.6 is 0 Å². The summed E-state index contributed by atoms with van der Waals surface area (Å²) in [5.74, 6) is -1.03. The number of aldehydes is 1. The van der Waals surface area contributed by atoms with E-state index in [9.17, 15) is 14.4 Å². The van der Waals surface area contributed by atoms with Gasteiger partial charge in [0.25, 0.3) is 0 Å². The molecule has 0 aliphatic rings. The third-order valence-electron chi connectivity index (χ3n) is 3.21. The van der Waals surface area contributed by atoms with Crippen LogP contribution in [0.4, 0.5) is 0 Å². The van der Waals surface area contributed by atoms with Crippen LogP contribution < -0.4 is 39.3 Å². The summed E-state index contributed by atoms with van der Waals surface area (Å²) in [4.78, 5) is 42.1. The van der Waals surface area contributed by atoms with Crippen LogP contribution in [0, 0.1) is 0 Å². The summed E-state index contributed by atoms with van der Waals surface area (Å²) in [7, 11) is 0. The lowest BCUT2D eigenvalue weighted by molar-refractivity contribution is -0.127. The minimum absolute atomic E-state index is 0.0253. The molecule has 2 amide bonds. The van der Waals surface area contributed by atoms with Gasteiger partial charge in [-0.1, -0.05) is 0 Å². The highest BCUT2D eigenvalue weighted by atomic mass is 16.2. The predicted molar refractivity (Wildman–Crippen MR) is 98.8 cm³/mol. The molecule has 0 rings (SSSR count). The third kappa shape index (κ3) is 12.5. The number of aliphatic imine (C=N–C) groups is 2. The molecule has 0 saturated heterocycles. The number of guanidine groups is 2. The van der Waals surface area contributed by atoms with Crippen LogP contribution in [0.15, 0.2) is 9.98 Å². The molecule has 26 heavy (non-hydrogen) atoms. The van der Waals surface area contributed by atoms with Gasteiger partial charge in [-0.15, -0.1) is 0 Å². The van der Waals surface area contributed by atoms with E-state index in [1.165, 1.54) is 0 Å². The maximum absolute atomic E-state index is 11.8. The van der Waals surface area contributed by atoms with E-state index in [-0.39, 0.29) is 18.5 Å². The van der Waals surface area contributed by atoms with Gasteiger partial charge in [-0.05, 0) is 25.7 Å². The standard InChI is InChI=1S/C14H29N9O3/c15-10(4-2-6-21-14(18)19)12(26)22-7-11(25)23-9(8-24)3-1-5-20-13(16)17/h8-10H,1-7,15H2,(H,22,26)(H,23,25)(H4,16,17,20)(H4,18,19,21)/t9-,10+/m0/s1. The Morgan fingerprint density at radius 3 is 2.00 bits per heavy atom. The minimum Gasteiger partial charge on any atom is -0.370 e. The topological polar surface area (TPSA) is 230 Å². The number of amides is 2. The van der Waals surface area contributed by atoms with E-state index >= 15 is 0 Å². The van der Waals surface area contributed by atoms with Crippen LogP contribution in [0.2, 0.25) is 0 Å². The molecule has 0 bridgehead atoms. The highest BCUT2D eigenvalue weighted by Gasteiger charge is 2.15. The van der Waals surface area contributed by atoms with Gasteiger partial charge >= 0.3 is 0 Å². The van der Waals surface area contributed by atoms with Crippen molar-refractivity contribution in [3.8, 4) is 0 Å². The summed E-state index contributed by atoms with van der Waals surface area (Å²) >= 11 is 0. The zero-order chi connectivity index (χ0) is 19.9. The number of rotatable bonds is 13. The Kier molecular flexibility index (Phi) is 11.9. The molecule has 0 saturated carbocycles. The molecule has 0 aliphatic carbocycles. The van der Waals surface area contributed by atoms with E-state index in [0.29, 0.717) is 45.1 Å². The lowest BCUT2D eigenvalue weighted by Gasteiger charge is -2.14. The van der Waals surface area contributed by atoms with Crippen LogP contribution in [0.5, 0.6) is 0 Å². The predicted octanol–water partition coefficient (Wildman–Crippen LogP) is -3.78. The number of nitrogens with one attached hydrogen (secondary N) is 2. The maximum Gasteiger partial charge on any atom is 0.239 e. The van der Waals surface area contributed by atoms with Crippen molar-refractivity contribution in [2.24, 2.45) is 38.7 Å². The van der Waals surface area contributed by atoms with Crippen molar-refractivity contribution in [2.75, 3.05) is 19.6 Å². The first kappa shape index (κ1) is 23.1. The minimum atomic E-state index is -0.779. The number of hydrogen-bond donors (Lipinski definition) is 7. The molecule has 12 N–H and O–H groups in total. The Bertz CT molecular complexity index is 514. The molecule has 2 atom stereocenters. The van der Waals surface area contributed by atoms with Crippen LogP contribution in [0.25, 0.3) is 0 Å². The molecule has 0 aromatic carbocycles. The van der Waals surface area contributed by atoms with Crippen molar-refractivity contribution in [1.82, 2.24) is 10.6 Å². The average Bonchev–Trinajstić information content (AvgIpc) is 2.58. The van der Waals surface area contributed by atoms with Crippen molar-refractivity contribution in [3.63, 3.8) is 0 Å². The third-order valence-corrected chi connectivity index (χ3v) is 3.21. The number of hydrogen-bond acceptors (Lipinski definition) is 6. The van der Waals surface area contributed by atoms with Crippen molar-refractivity contribution >= 4 is 30.0 Å². The Balaban J connectivity index is 4.06. The van der Waals surface area contributed by atoms with E-state index in [0.717, 1.165) is 0 Å². The molecule has 0 spiro atoms. The highest BCUT2D eigenvalue weighted by Crippen LogP contribution is 1.97. The Morgan fingerprint density at radius 2 is 1.50 bits per heavy atom. The van der Waals surface area contributed by atoms with Crippen molar-refractivity contribution < 1.29 is 14.4 Å². The molecule has 0 unspecified atom stereocenters. The SMILES string of the molecule is NC(N)=NCCC[C@@H](C=O)NC(=O)CNC(=O)[C@H](N)CCCN=C(N)N. The fourth-order valence-corrected chi connectivity index (χ4v) is 1.90. The van der Waals surface area contributed by atoms with E-state index in [2.05, 4.69) is 20.6 Å². The summed E-state index contributed by atoms with van der Waals surface area (Å²) < 4.78 is 0. The van der Waals surface area contributed by atoms with Crippen molar-refractivity contribution in [1.29, 1.82) is 0 Å². The van der Waals surface area contributed by atoms with E-state index in [1.54, 1.807) is 0 Å². The van der Waals surface area contributed by atoms with Crippen molar-refractivity contribution in [2.45, 2.75) is 37.8 Å². The van der Waals surface area contributed by atoms with Gasteiger partial charge in [-0.2, -0.15) is 0 Å². The highest BCUT2D eigenvalue weighted by molar-refractivity contribution is 5.88. The molecule has 0 aromatic rings. The molecular weight excluding hydrogens is 342 g/mol. The first-order valence-corrected chi connectivity index (χ1v) is 8.15. The maximum atomic E-state index is 11.8. The first-order chi connectivity index (χ1) is 12.3. The monoisotopic (exact) mass is 371 g/mol. The number of nitrogens with two attached hydrogens (primary N) is 5. The quantitative estimate of drug-likeness (QED) is 0.0732. The second-order valence-electron chi connectivity index (χ2n) is 5.53. The summed E-state index contributed by atoms with van der Waals surface area (Å²) in [6, 6.07) is -1.46. The van der Waals surface area contributed by atoms with Gasteiger partial charge in [0.05, 0.1) is 18.6 Å². The lowest BCUT2D eigenvalue weighted by Crippen LogP contribution is -2.47. The molecule has 0 fully saturated rings. The summed E-state index contributed by atoms with van der Waals surface area (Å²) in [6.07, 6.45) is 2.41. The van der Waals surface area contributed by atoms with Crippen LogP contribution in [0.3, 0.4) is 0 Å². The Labute approximate surface area is 152 Å². The van der Waals surface area contributed by atoms with Gasteiger partial charge in [0.15, 0.2) is 11.9 Å². The number of carbonyl (C=O) groups is 3. The van der Waals surface area contributed by atoms with Gasteiger partial charge in [0, 0.05) is 13.1 Å². The molecule has 0 aromatic heterocycles. The van der Waals surface area contributed by atoms with Gasteiger partial charge in [-0.3, -0.25) is 19.6 Å². The molecule has 0 aliphatic heterocycles. The average molecular weight is 371 g/mol. The number of carbonyl (C=O) groups excluding carboxylic acids is 3. The lowest BCUT2D eigenvalue weighted by atomic mass is 10.1. The van der Waals surface area contributed by atoms with Gasteiger partial charge in [0.2, 0.25) is 11.8 Å². The Morgan fingerprint density at radius 1 is 0.962 bits per heavy atom. The zero-order valence-electron chi connectivity index (χ0n) is 14.7. The first-order valence-electron chi connectivity index (χ1n) is 8.15. The Hall–Kier alpha value is -2.89. The largest absolute Gasteiger partial charge is 0.370 e. The molecular formula is C14H29N9O3. The fourth-order valence-electron chi connectivity index (χ4n) is 1.90. The molecule has 0 heterocycles. The van der Waals surface area contributed by atoms with E-state index in [4.69, 9.17) is 28.7 Å². The summed E-state index contributed by atoms with van der Waals surface area (Å²) in [5.41, 5.74) is 26.4. The second kappa shape index (κ2) is 13.4. The van der Waals surface area contributed by atoms with Crippen LogP contribution in [0.1, 0.15) is 25.7 Å². The summed E-state index contributed by atoms with van der Waals surface area (Å²) in [6.45, 7) is 0.442. The van der Waals surface area contributed by atoms with Crippen LogP contribution in [-0.2, 0) is 14.4 Å². The zero-order valence-corrected chi connectivity index (χ0v) is 14.7. The normalized spacial score (nSPS) is 12.3. The van der Waals surface area contributed by atoms with E-state index < -0.39 is 23.9 Å². The van der Waals surface area contributed by atoms with Gasteiger partial charge in [0.1, 0.15) is 6.29 Å². The molecule has 0 radical (unpaired) electrons. The second-order valence-corrected chi connectivity index (χ2v) is 5.53.